The first-order valence-electron chi connectivity index (χ1n) is 15.8. The summed E-state index contributed by atoms with van der Waals surface area (Å²) in [5.74, 6) is 0. The van der Waals surface area contributed by atoms with Crippen LogP contribution >= 0.6 is 11.8 Å². The van der Waals surface area contributed by atoms with E-state index in [1.54, 1.807) is 0 Å². The molecule has 2 heteroatoms. The fourth-order valence-corrected chi connectivity index (χ4v) is 8.81. The third-order valence-electron chi connectivity index (χ3n) is 9.60. The number of nitrogens with zero attached hydrogens (tertiary/aromatic N) is 1. The van der Waals surface area contributed by atoms with E-state index in [0.717, 1.165) is 0 Å². The van der Waals surface area contributed by atoms with Gasteiger partial charge in [0.2, 0.25) is 0 Å². The lowest BCUT2D eigenvalue weighted by Crippen LogP contribution is -1.95. The van der Waals surface area contributed by atoms with E-state index in [1.807, 2.05) is 11.8 Å². The third kappa shape index (κ3) is 3.65. The summed E-state index contributed by atoms with van der Waals surface area (Å²) in [7, 11) is 0. The van der Waals surface area contributed by atoms with E-state index in [4.69, 9.17) is 0 Å². The highest BCUT2D eigenvalue weighted by Gasteiger charge is 2.23. The molecule has 0 amide bonds. The molecule has 214 valence electrons. The van der Waals surface area contributed by atoms with Crippen LogP contribution in [-0.2, 0) is 0 Å². The molecule has 0 aliphatic carbocycles. The minimum absolute atomic E-state index is 1.17. The molecule has 0 atom stereocenters. The van der Waals surface area contributed by atoms with Gasteiger partial charge in [0.25, 0.3) is 0 Å². The molecule has 1 aromatic heterocycles. The van der Waals surface area contributed by atoms with Crippen LogP contribution in [0.5, 0.6) is 0 Å². The molecule has 0 unspecified atom stereocenters. The van der Waals surface area contributed by atoms with E-state index >= 15 is 0 Å². The monoisotopic (exact) mass is 601 g/mol. The maximum atomic E-state index is 2.43. The molecule has 2 heterocycles. The standard InChI is InChI=1S/C44H27NS/c1-2-13-29(14-3-1)45-38-22-11-21-36(44(38)43-30-15-5-4-12-28(30)24-26-39(43)45)32-17-7-6-16-31(32)33-25-27-41-42-35(33)19-10-20-37(42)34-18-8-9-23-40(34)46-41/h1-27H. The van der Waals surface area contributed by atoms with Crippen molar-refractivity contribution < 1.29 is 0 Å². The molecule has 9 aromatic rings. The van der Waals surface area contributed by atoms with Crippen LogP contribution in [-0.4, -0.2) is 4.57 Å². The molecular formula is C44H27NS. The normalized spacial score (nSPS) is 12.3. The van der Waals surface area contributed by atoms with Crippen molar-refractivity contribution in [1.29, 1.82) is 0 Å². The van der Waals surface area contributed by atoms with Crippen LogP contribution in [0, 0.1) is 0 Å². The second kappa shape index (κ2) is 9.97. The lowest BCUT2D eigenvalue weighted by atomic mass is 9.87. The van der Waals surface area contributed by atoms with Crippen molar-refractivity contribution in [1.82, 2.24) is 4.57 Å². The summed E-state index contributed by atoms with van der Waals surface area (Å²) in [4.78, 5) is 2.65. The van der Waals surface area contributed by atoms with Crippen molar-refractivity contribution in [3.8, 4) is 39.1 Å². The van der Waals surface area contributed by atoms with Crippen LogP contribution < -0.4 is 0 Å². The fourth-order valence-electron chi connectivity index (χ4n) is 7.68. The number of benzene rings is 8. The Morgan fingerprint density at radius 3 is 1.83 bits per heavy atom. The molecule has 0 N–H and O–H groups in total. The predicted octanol–water partition coefficient (Wildman–Crippen LogP) is 12.6. The molecule has 0 fully saturated rings. The molecule has 0 saturated carbocycles. The minimum Gasteiger partial charge on any atom is -0.309 e. The van der Waals surface area contributed by atoms with Gasteiger partial charge in [0, 0.05) is 31.6 Å². The largest absolute Gasteiger partial charge is 0.309 e. The fraction of sp³-hybridized carbons (Fsp3) is 0. The summed E-state index contributed by atoms with van der Waals surface area (Å²) < 4.78 is 2.43. The molecule has 0 bridgehead atoms. The lowest BCUT2D eigenvalue weighted by molar-refractivity contribution is 1.18. The van der Waals surface area contributed by atoms with Crippen molar-refractivity contribution in [2.75, 3.05) is 0 Å². The molecule has 1 nitrogen and oxygen atoms in total. The number of hydrogen-bond donors (Lipinski definition) is 0. The highest BCUT2D eigenvalue weighted by atomic mass is 32.2. The maximum Gasteiger partial charge on any atom is 0.0547 e. The summed E-state index contributed by atoms with van der Waals surface area (Å²) >= 11 is 1.88. The molecule has 8 aromatic carbocycles. The molecule has 1 aliphatic heterocycles. The zero-order valence-corrected chi connectivity index (χ0v) is 25.8. The number of aromatic nitrogens is 1. The van der Waals surface area contributed by atoms with Gasteiger partial charge in [-0.25, -0.2) is 0 Å². The zero-order valence-electron chi connectivity index (χ0n) is 24.9. The van der Waals surface area contributed by atoms with E-state index in [-0.39, 0.29) is 0 Å². The van der Waals surface area contributed by atoms with Gasteiger partial charge < -0.3 is 4.57 Å². The van der Waals surface area contributed by atoms with E-state index in [2.05, 4.69) is 168 Å². The Hall–Kier alpha value is -5.57. The van der Waals surface area contributed by atoms with Crippen molar-refractivity contribution in [3.05, 3.63) is 164 Å². The van der Waals surface area contributed by atoms with Gasteiger partial charge in [-0.1, -0.05) is 139 Å². The first kappa shape index (κ1) is 25.7. The Morgan fingerprint density at radius 1 is 0.326 bits per heavy atom. The predicted molar refractivity (Wildman–Crippen MR) is 196 cm³/mol. The molecule has 10 rings (SSSR count). The molecular weight excluding hydrogens is 575 g/mol. The summed E-state index contributed by atoms with van der Waals surface area (Å²) in [5.41, 5.74) is 11.3. The number of fused-ring (bicyclic) bond motifs is 7. The minimum atomic E-state index is 1.17. The Kier molecular flexibility index (Phi) is 5.58. The highest BCUT2D eigenvalue weighted by molar-refractivity contribution is 7.99. The number of hydrogen-bond acceptors (Lipinski definition) is 1. The Bertz CT molecular complexity index is 2660. The van der Waals surface area contributed by atoms with Crippen LogP contribution in [0.4, 0.5) is 0 Å². The van der Waals surface area contributed by atoms with Gasteiger partial charge in [-0.3, -0.25) is 0 Å². The molecule has 0 radical (unpaired) electrons. The van der Waals surface area contributed by atoms with Crippen LogP contribution in [0.1, 0.15) is 0 Å². The van der Waals surface area contributed by atoms with Crippen molar-refractivity contribution in [2.24, 2.45) is 0 Å². The van der Waals surface area contributed by atoms with Gasteiger partial charge in [-0.15, -0.1) is 0 Å². The summed E-state index contributed by atoms with van der Waals surface area (Å²) in [6.45, 7) is 0. The maximum absolute atomic E-state index is 2.43. The van der Waals surface area contributed by atoms with Gasteiger partial charge in [0.1, 0.15) is 0 Å². The quantitative estimate of drug-likeness (QED) is 0.195. The van der Waals surface area contributed by atoms with Crippen LogP contribution in [0.15, 0.2) is 174 Å². The Balaban J connectivity index is 1.30. The van der Waals surface area contributed by atoms with Crippen LogP contribution in [0.3, 0.4) is 0 Å². The Labute approximate surface area is 271 Å². The second-order valence-corrected chi connectivity index (χ2v) is 13.1. The summed E-state index contributed by atoms with van der Waals surface area (Å²) in [6, 6.07) is 60.2. The zero-order chi connectivity index (χ0) is 30.2. The highest BCUT2D eigenvalue weighted by Crippen LogP contribution is 2.51. The average Bonchev–Trinajstić information content (AvgIpc) is 3.47. The van der Waals surface area contributed by atoms with Gasteiger partial charge in [-0.2, -0.15) is 0 Å². The van der Waals surface area contributed by atoms with E-state index in [1.165, 1.54) is 92.2 Å². The molecule has 1 aliphatic rings. The van der Waals surface area contributed by atoms with Crippen molar-refractivity contribution in [3.63, 3.8) is 0 Å². The first-order chi connectivity index (χ1) is 22.8. The molecule has 0 saturated heterocycles. The molecule has 46 heavy (non-hydrogen) atoms. The second-order valence-electron chi connectivity index (χ2n) is 12.0. The number of para-hydroxylation sites is 1. The SMILES string of the molecule is c1ccc(-n2c3cccc(-c4ccccc4-c4ccc5c6c(cccc46)-c4ccccc4S5)c3c3c4ccccc4ccc32)cc1. The summed E-state index contributed by atoms with van der Waals surface area (Å²) in [6.07, 6.45) is 0. The smallest absolute Gasteiger partial charge is 0.0547 e. The lowest BCUT2D eigenvalue weighted by Gasteiger charge is -2.22. The van der Waals surface area contributed by atoms with Crippen molar-refractivity contribution in [2.45, 2.75) is 9.79 Å². The van der Waals surface area contributed by atoms with Gasteiger partial charge in [0.15, 0.2) is 0 Å². The van der Waals surface area contributed by atoms with E-state index in [9.17, 15) is 0 Å². The number of rotatable bonds is 3. The summed E-state index contributed by atoms with van der Waals surface area (Å²) in [5, 5.41) is 7.77. The van der Waals surface area contributed by atoms with Gasteiger partial charge in [-0.05, 0) is 85.9 Å². The van der Waals surface area contributed by atoms with Gasteiger partial charge in [0.05, 0.1) is 11.0 Å². The van der Waals surface area contributed by atoms with E-state index in [0.29, 0.717) is 0 Å². The average molecular weight is 602 g/mol. The Morgan fingerprint density at radius 2 is 0.957 bits per heavy atom. The van der Waals surface area contributed by atoms with E-state index < -0.39 is 0 Å². The molecule has 0 spiro atoms. The topological polar surface area (TPSA) is 4.93 Å². The van der Waals surface area contributed by atoms with Gasteiger partial charge >= 0.3 is 0 Å². The third-order valence-corrected chi connectivity index (χ3v) is 10.7. The van der Waals surface area contributed by atoms with Crippen LogP contribution in [0.2, 0.25) is 0 Å². The first-order valence-corrected chi connectivity index (χ1v) is 16.6. The van der Waals surface area contributed by atoms with Crippen molar-refractivity contribution >= 4 is 55.1 Å². The van der Waals surface area contributed by atoms with Crippen LogP contribution in [0.25, 0.3) is 82.4 Å².